The molecule has 0 unspecified atom stereocenters. The second kappa shape index (κ2) is 2.24. The van der Waals surface area contributed by atoms with E-state index in [4.69, 9.17) is 0 Å². The van der Waals surface area contributed by atoms with Gasteiger partial charge in [0, 0.05) is 0 Å². The summed E-state index contributed by atoms with van der Waals surface area (Å²) in [4.78, 5) is 0. The average molecular weight is 149 g/mol. The molecule has 0 amide bonds. The Kier molecular flexibility index (Phi) is 1.60. The molecule has 1 aromatic rings. The molecule has 1 heteroatoms. The Labute approximate surface area is 56.4 Å². The first-order chi connectivity index (χ1) is 3.39. The minimum atomic E-state index is 0. The van der Waals surface area contributed by atoms with Gasteiger partial charge in [-0.05, 0) is 0 Å². The van der Waals surface area contributed by atoms with E-state index in [1.54, 1.807) is 18.6 Å². The molecule has 1 aromatic carbocycles. The van der Waals surface area contributed by atoms with Gasteiger partial charge in [0.25, 0.3) is 0 Å². The van der Waals surface area contributed by atoms with Gasteiger partial charge in [0.1, 0.15) is 0 Å². The second-order valence-electron chi connectivity index (χ2n) is 1.41. The Morgan fingerprint density at radius 2 is 1.71 bits per heavy atom. The van der Waals surface area contributed by atoms with Gasteiger partial charge in [-0.2, -0.15) is 0 Å². The zero-order valence-corrected chi connectivity index (χ0v) is 6.39. The maximum absolute atomic E-state index is 2.11. The summed E-state index contributed by atoms with van der Waals surface area (Å²) in [6.07, 6.45) is 0. The zero-order chi connectivity index (χ0) is 5.11. The first-order valence-corrected chi connectivity index (χ1v) is 3.41. The molecule has 1 rings (SSSR count). The van der Waals surface area contributed by atoms with Gasteiger partial charge < -0.3 is 2.85 Å². The minimum Gasteiger partial charge on any atom is -1.00 e. The van der Waals surface area contributed by atoms with Crippen LogP contribution < -0.4 is 4.12 Å². The number of benzene rings is 1. The quantitative estimate of drug-likeness (QED) is 0.476. The predicted octanol–water partition coefficient (Wildman–Crippen LogP) is 0.705. The molecule has 2 radical (unpaired) electrons. The summed E-state index contributed by atoms with van der Waals surface area (Å²) in [6.45, 7) is 0. The van der Waals surface area contributed by atoms with Crippen molar-refractivity contribution >= 4 is 22.7 Å². The van der Waals surface area contributed by atoms with E-state index in [1.165, 1.54) is 4.12 Å². The maximum Gasteiger partial charge on any atom is -1.00 e. The molecule has 0 N–H and O–H groups in total. The van der Waals surface area contributed by atoms with Crippen molar-refractivity contribution in [1.82, 2.24) is 0 Å². The first kappa shape index (κ1) is 5.00. The molecule has 0 saturated heterocycles. The Balaban J connectivity index is 0. The van der Waals surface area contributed by atoms with Crippen LogP contribution in [0.25, 0.3) is 0 Å². The van der Waals surface area contributed by atoms with Crippen LogP contribution in [-0.4, -0.2) is 18.6 Å². The van der Waals surface area contributed by atoms with Crippen LogP contribution in [0.5, 0.6) is 0 Å². The van der Waals surface area contributed by atoms with Crippen molar-refractivity contribution < 1.29 is 2.85 Å². The van der Waals surface area contributed by atoms with Gasteiger partial charge in [0.05, 0.1) is 0 Å². The van der Waals surface area contributed by atoms with Crippen molar-refractivity contribution in [3.63, 3.8) is 0 Å². The smallest absolute Gasteiger partial charge is 1.00 e. The Bertz CT molecular complexity index is 141. The topological polar surface area (TPSA) is 0 Å². The van der Waals surface area contributed by atoms with E-state index < -0.39 is 0 Å². The molecule has 0 nitrogen and oxygen atoms in total. The van der Waals surface area contributed by atoms with Crippen molar-refractivity contribution in [2.75, 3.05) is 0 Å². The molecule has 0 bridgehead atoms. The number of hydrogen-bond donors (Lipinski definition) is 0. The summed E-state index contributed by atoms with van der Waals surface area (Å²) < 4.78 is 1.38. The van der Waals surface area contributed by atoms with Crippen LogP contribution in [0.4, 0.5) is 0 Å². The van der Waals surface area contributed by atoms with Crippen LogP contribution in [0, 0.1) is 0 Å². The summed E-state index contributed by atoms with van der Waals surface area (Å²) in [6, 6.07) is 10.4. The van der Waals surface area contributed by atoms with Crippen LogP contribution in [0.15, 0.2) is 30.3 Å². The molecule has 0 saturated carbocycles. The third-order valence-corrected chi connectivity index (χ3v) is 1.61. The molecule has 36 valence electrons. The van der Waals surface area contributed by atoms with Gasteiger partial charge in [-0.15, -0.1) is 0 Å². The number of rotatable bonds is 0. The molecule has 7 heavy (non-hydrogen) atoms. The van der Waals surface area contributed by atoms with Crippen molar-refractivity contribution in [3.05, 3.63) is 30.3 Å². The van der Waals surface area contributed by atoms with Crippen LogP contribution >= 0.6 is 0 Å². The fourth-order valence-corrected chi connectivity index (χ4v) is 0.919. The van der Waals surface area contributed by atoms with Crippen molar-refractivity contribution in [2.45, 2.75) is 0 Å². The van der Waals surface area contributed by atoms with Gasteiger partial charge in [-0.3, -0.25) is 0 Å². The van der Waals surface area contributed by atoms with E-state index in [9.17, 15) is 0 Å². The van der Waals surface area contributed by atoms with Gasteiger partial charge in [-0.1, -0.05) is 0 Å². The normalized spacial score (nSPS) is 8.57. The molecular formula is C6H7Ga-2. The Hall–Kier alpha value is -0.144. The molecule has 0 aromatic heterocycles. The zero-order valence-electron chi connectivity index (χ0n) is 5.96. The van der Waals surface area contributed by atoms with E-state index in [1.807, 2.05) is 6.07 Å². The molecule has 0 spiro atoms. The maximum atomic E-state index is 2.11. The largest absolute Gasteiger partial charge is 1.00 e. The SMILES string of the molecule is [Ga][c]1ccccc1.[H-].[H-]. The monoisotopic (exact) mass is 148 g/mol. The van der Waals surface area contributed by atoms with E-state index in [0.29, 0.717) is 0 Å². The number of hydrogen-bond acceptors (Lipinski definition) is 0. The molecule has 0 aliphatic carbocycles. The van der Waals surface area contributed by atoms with E-state index in [-0.39, 0.29) is 2.85 Å². The van der Waals surface area contributed by atoms with Crippen LogP contribution in [0.3, 0.4) is 0 Å². The minimum absolute atomic E-state index is 0. The molecule has 0 heterocycles. The van der Waals surface area contributed by atoms with Gasteiger partial charge in [-0.25, -0.2) is 0 Å². The van der Waals surface area contributed by atoms with Crippen molar-refractivity contribution in [1.29, 1.82) is 0 Å². The summed E-state index contributed by atoms with van der Waals surface area (Å²) >= 11 is 1.67. The van der Waals surface area contributed by atoms with Crippen molar-refractivity contribution in [2.24, 2.45) is 0 Å². The van der Waals surface area contributed by atoms with Gasteiger partial charge in [0.2, 0.25) is 0 Å². The van der Waals surface area contributed by atoms with E-state index in [0.717, 1.165) is 0 Å². The fourth-order valence-electron chi connectivity index (χ4n) is 0.453. The van der Waals surface area contributed by atoms with E-state index in [2.05, 4.69) is 24.3 Å². The Morgan fingerprint density at radius 1 is 1.14 bits per heavy atom. The first-order valence-electron chi connectivity index (χ1n) is 2.20. The van der Waals surface area contributed by atoms with E-state index >= 15 is 0 Å². The third-order valence-electron chi connectivity index (χ3n) is 0.800. The van der Waals surface area contributed by atoms with Gasteiger partial charge >= 0.3 is 53.0 Å². The van der Waals surface area contributed by atoms with Crippen molar-refractivity contribution in [3.8, 4) is 0 Å². The van der Waals surface area contributed by atoms with Gasteiger partial charge in [0.15, 0.2) is 0 Å². The molecule has 0 aliphatic heterocycles. The predicted molar refractivity (Wildman–Crippen MR) is 34.1 cm³/mol. The third kappa shape index (κ3) is 1.41. The summed E-state index contributed by atoms with van der Waals surface area (Å²) in [7, 11) is 0. The fraction of sp³-hybridized carbons (Fsp3) is 0. The Morgan fingerprint density at radius 3 is 2.00 bits per heavy atom. The second-order valence-corrected chi connectivity index (χ2v) is 2.81. The summed E-state index contributed by atoms with van der Waals surface area (Å²) in [5.74, 6) is 0. The average Bonchev–Trinajstić information content (AvgIpc) is 1.69. The summed E-state index contributed by atoms with van der Waals surface area (Å²) in [5, 5.41) is 0. The molecule has 0 atom stereocenters. The summed E-state index contributed by atoms with van der Waals surface area (Å²) in [5.41, 5.74) is 0. The standard InChI is InChI=1S/C6H5.Ga.2H/c1-2-4-6-5-3-1;;;/h1-5H;;;/q;;2*-1. The van der Waals surface area contributed by atoms with Crippen LogP contribution in [-0.2, 0) is 0 Å². The van der Waals surface area contributed by atoms with Crippen LogP contribution in [0.1, 0.15) is 2.85 Å². The van der Waals surface area contributed by atoms with Crippen LogP contribution in [0.2, 0.25) is 0 Å². The molecule has 0 aliphatic rings. The molecule has 0 fully saturated rings. The molecular weight excluding hydrogens is 142 g/mol.